The van der Waals surface area contributed by atoms with Gasteiger partial charge in [-0.15, -0.1) is 0 Å². The van der Waals surface area contributed by atoms with E-state index in [1.807, 2.05) is 11.0 Å². The van der Waals surface area contributed by atoms with Crippen molar-refractivity contribution in [1.82, 2.24) is 10.2 Å². The van der Waals surface area contributed by atoms with Crippen LogP contribution >= 0.6 is 0 Å². The SMILES string of the molecule is CC(C)C(C)CN1C(=O)C2(CC2)NC1c1ccccc1F. The molecule has 0 radical (unpaired) electrons. The van der Waals surface area contributed by atoms with Gasteiger partial charge in [-0.3, -0.25) is 10.1 Å². The normalized spacial score (nSPS) is 24.9. The number of nitrogens with one attached hydrogen (secondary N) is 1. The van der Waals surface area contributed by atoms with E-state index in [4.69, 9.17) is 0 Å². The fourth-order valence-corrected chi connectivity index (χ4v) is 2.93. The van der Waals surface area contributed by atoms with Gasteiger partial charge in [-0.25, -0.2) is 4.39 Å². The van der Waals surface area contributed by atoms with E-state index in [0.29, 0.717) is 23.9 Å². The number of halogens is 1. The van der Waals surface area contributed by atoms with E-state index in [2.05, 4.69) is 26.1 Å². The van der Waals surface area contributed by atoms with Crippen molar-refractivity contribution in [2.24, 2.45) is 11.8 Å². The second-order valence-corrected chi connectivity index (χ2v) is 6.83. The molecule has 1 saturated carbocycles. The molecule has 3 rings (SSSR count). The highest BCUT2D eigenvalue weighted by molar-refractivity contribution is 5.92. The van der Waals surface area contributed by atoms with Gasteiger partial charge in [0.15, 0.2) is 0 Å². The molecule has 4 heteroatoms. The minimum Gasteiger partial charge on any atom is -0.321 e. The molecule has 1 aromatic rings. The van der Waals surface area contributed by atoms with E-state index in [-0.39, 0.29) is 17.9 Å². The molecule has 1 spiro atoms. The van der Waals surface area contributed by atoms with Crippen LogP contribution in [-0.2, 0) is 4.79 Å². The van der Waals surface area contributed by atoms with E-state index < -0.39 is 5.54 Å². The van der Waals surface area contributed by atoms with Crippen LogP contribution in [0.1, 0.15) is 45.3 Å². The Bertz CT molecular complexity index is 553. The van der Waals surface area contributed by atoms with Gasteiger partial charge in [0.1, 0.15) is 17.5 Å². The predicted octanol–water partition coefficient (Wildman–Crippen LogP) is 3.08. The van der Waals surface area contributed by atoms with Gasteiger partial charge in [-0.1, -0.05) is 39.0 Å². The van der Waals surface area contributed by atoms with E-state index in [0.717, 1.165) is 12.8 Å². The van der Waals surface area contributed by atoms with Crippen molar-refractivity contribution in [3.8, 4) is 0 Å². The minimum absolute atomic E-state index is 0.142. The lowest BCUT2D eigenvalue weighted by atomic mass is 9.97. The maximum atomic E-state index is 14.1. The van der Waals surface area contributed by atoms with Crippen LogP contribution in [0.25, 0.3) is 0 Å². The van der Waals surface area contributed by atoms with Crippen LogP contribution in [0.15, 0.2) is 24.3 Å². The summed E-state index contributed by atoms with van der Waals surface area (Å²) in [5, 5.41) is 3.38. The zero-order chi connectivity index (χ0) is 15.2. The molecule has 21 heavy (non-hydrogen) atoms. The van der Waals surface area contributed by atoms with Crippen LogP contribution in [-0.4, -0.2) is 22.9 Å². The molecule has 1 heterocycles. The summed E-state index contributed by atoms with van der Waals surface area (Å²) in [4.78, 5) is 14.5. The topological polar surface area (TPSA) is 32.3 Å². The maximum Gasteiger partial charge on any atom is 0.244 e. The third kappa shape index (κ3) is 2.46. The Morgan fingerprint density at radius 3 is 2.57 bits per heavy atom. The lowest BCUT2D eigenvalue weighted by Crippen LogP contribution is -2.36. The first kappa shape index (κ1) is 14.5. The fourth-order valence-electron chi connectivity index (χ4n) is 2.93. The molecule has 0 aromatic heterocycles. The van der Waals surface area contributed by atoms with Crippen molar-refractivity contribution >= 4 is 5.91 Å². The minimum atomic E-state index is -0.413. The molecule has 2 atom stereocenters. The number of carbonyl (C=O) groups is 1. The number of carbonyl (C=O) groups excluding carboxylic acids is 1. The first-order valence-corrected chi connectivity index (χ1v) is 7.78. The zero-order valence-corrected chi connectivity index (χ0v) is 12.9. The third-order valence-electron chi connectivity index (χ3n) is 4.97. The molecule has 1 aromatic carbocycles. The first-order chi connectivity index (χ1) is 9.94. The molecular weight excluding hydrogens is 267 g/mol. The molecule has 2 aliphatic rings. The Morgan fingerprint density at radius 2 is 2.00 bits per heavy atom. The van der Waals surface area contributed by atoms with Gasteiger partial charge >= 0.3 is 0 Å². The third-order valence-corrected chi connectivity index (χ3v) is 4.97. The van der Waals surface area contributed by atoms with Crippen molar-refractivity contribution in [2.45, 2.75) is 45.3 Å². The van der Waals surface area contributed by atoms with E-state index in [9.17, 15) is 9.18 Å². The van der Waals surface area contributed by atoms with Gasteiger partial charge in [0.05, 0.1) is 0 Å². The van der Waals surface area contributed by atoms with Crippen molar-refractivity contribution in [1.29, 1.82) is 0 Å². The average molecular weight is 290 g/mol. The summed E-state index contributed by atoms with van der Waals surface area (Å²) in [5.74, 6) is 0.777. The van der Waals surface area contributed by atoms with E-state index >= 15 is 0 Å². The molecular formula is C17H23FN2O. The van der Waals surface area contributed by atoms with Crippen LogP contribution in [0.3, 0.4) is 0 Å². The molecule has 1 amide bonds. The molecule has 0 bridgehead atoms. The van der Waals surface area contributed by atoms with Crippen molar-refractivity contribution in [3.63, 3.8) is 0 Å². The molecule has 1 aliphatic carbocycles. The Balaban J connectivity index is 1.90. The van der Waals surface area contributed by atoms with Crippen LogP contribution in [0.2, 0.25) is 0 Å². The summed E-state index contributed by atoms with van der Waals surface area (Å²) < 4.78 is 14.1. The molecule has 2 fully saturated rings. The molecule has 2 unspecified atom stereocenters. The van der Waals surface area contributed by atoms with Crippen LogP contribution in [0.5, 0.6) is 0 Å². The maximum absolute atomic E-state index is 14.1. The Kier molecular flexibility index (Phi) is 3.52. The Hall–Kier alpha value is -1.42. The standard InChI is InChI=1S/C17H23FN2O/c1-11(2)12(3)10-20-15(13-6-4-5-7-14(13)18)19-17(8-9-17)16(20)21/h4-7,11-12,15,19H,8-10H2,1-3H3. The van der Waals surface area contributed by atoms with Gasteiger partial charge in [0, 0.05) is 12.1 Å². The van der Waals surface area contributed by atoms with Crippen LogP contribution < -0.4 is 5.32 Å². The summed E-state index contributed by atoms with van der Waals surface area (Å²) in [5.41, 5.74) is 0.162. The second kappa shape index (κ2) is 5.09. The van der Waals surface area contributed by atoms with Crippen molar-refractivity contribution < 1.29 is 9.18 Å². The number of hydrogen-bond donors (Lipinski definition) is 1. The second-order valence-electron chi connectivity index (χ2n) is 6.83. The average Bonchev–Trinajstić information content (AvgIpc) is 3.18. The first-order valence-electron chi connectivity index (χ1n) is 7.78. The quantitative estimate of drug-likeness (QED) is 0.924. The number of amides is 1. The van der Waals surface area contributed by atoms with Gasteiger partial charge < -0.3 is 4.90 Å². The van der Waals surface area contributed by atoms with Crippen LogP contribution in [0, 0.1) is 17.7 Å². The van der Waals surface area contributed by atoms with E-state index in [1.54, 1.807) is 12.1 Å². The van der Waals surface area contributed by atoms with Gasteiger partial charge in [-0.2, -0.15) is 0 Å². The lowest BCUT2D eigenvalue weighted by molar-refractivity contribution is -0.131. The smallest absolute Gasteiger partial charge is 0.244 e. The largest absolute Gasteiger partial charge is 0.321 e. The van der Waals surface area contributed by atoms with Crippen molar-refractivity contribution in [3.05, 3.63) is 35.6 Å². The summed E-state index contributed by atoms with van der Waals surface area (Å²) in [6.07, 6.45) is 1.40. The summed E-state index contributed by atoms with van der Waals surface area (Å²) in [7, 11) is 0. The highest BCUT2D eigenvalue weighted by Crippen LogP contribution is 2.46. The fraction of sp³-hybridized carbons (Fsp3) is 0.588. The highest BCUT2D eigenvalue weighted by Gasteiger charge is 2.59. The van der Waals surface area contributed by atoms with Crippen LogP contribution in [0.4, 0.5) is 4.39 Å². The summed E-state index contributed by atoms with van der Waals surface area (Å²) in [6.45, 7) is 7.13. The zero-order valence-electron chi connectivity index (χ0n) is 12.9. The van der Waals surface area contributed by atoms with Gasteiger partial charge in [-0.05, 0) is 30.7 Å². The Morgan fingerprint density at radius 1 is 1.33 bits per heavy atom. The van der Waals surface area contributed by atoms with E-state index in [1.165, 1.54) is 6.07 Å². The van der Waals surface area contributed by atoms with Gasteiger partial charge in [0.25, 0.3) is 0 Å². The van der Waals surface area contributed by atoms with Gasteiger partial charge in [0.2, 0.25) is 5.91 Å². The van der Waals surface area contributed by atoms with Crippen molar-refractivity contribution in [2.75, 3.05) is 6.54 Å². The molecule has 1 saturated heterocycles. The molecule has 114 valence electrons. The molecule has 1 N–H and O–H groups in total. The summed E-state index contributed by atoms with van der Waals surface area (Å²) in [6, 6.07) is 6.74. The lowest BCUT2D eigenvalue weighted by Gasteiger charge is -2.29. The molecule has 3 nitrogen and oxygen atoms in total. The Labute approximate surface area is 125 Å². The predicted molar refractivity (Wildman–Crippen MR) is 80.0 cm³/mol. The number of nitrogens with zero attached hydrogens (tertiary/aromatic N) is 1. The summed E-state index contributed by atoms with van der Waals surface area (Å²) >= 11 is 0. The molecule has 1 aliphatic heterocycles. The highest BCUT2D eigenvalue weighted by atomic mass is 19.1. The number of hydrogen-bond acceptors (Lipinski definition) is 2. The number of benzene rings is 1. The monoisotopic (exact) mass is 290 g/mol. The number of rotatable bonds is 4.